The van der Waals surface area contributed by atoms with Crippen molar-refractivity contribution in [3.05, 3.63) is 86.5 Å². The molecule has 3 rings (SSSR count). The highest BCUT2D eigenvalue weighted by molar-refractivity contribution is 6.34. The molecule has 1 amide bonds. The highest BCUT2D eigenvalue weighted by Crippen LogP contribution is 2.34. The lowest BCUT2D eigenvalue weighted by molar-refractivity contribution is 0.102. The largest absolute Gasteiger partial charge is 0.329 e. The van der Waals surface area contributed by atoms with Crippen molar-refractivity contribution in [3.8, 4) is 11.1 Å². The van der Waals surface area contributed by atoms with Gasteiger partial charge in [-0.15, -0.1) is 0 Å². The van der Waals surface area contributed by atoms with E-state index in [9.17, 15) is 14.0 Å². The van der Waals surface area contributed by atoms with E-state index in [-0.39, 0.29) is 27.3 Å². The van der Waals surface area contributed by atoms with Crippen LogP contribution in [0.1, 0.15) is 10.4 Å². The van der Waals surface area contributed by atoms with Crippen molar-refractivity contribution in [2.45, 2.75) is 0 Å². The molecule has 0 aliphatic rings. The minimum absolute atomic E-state index is 0.0859. The second kappa shape index (κ2) is 7.09. The first kappa shape index (κ1) is 17.2. The van der Waals surface area contributed by atoms with Gasteiger partial charge in [0.1, 0.15) is 5.82 Å². The Labute approximate surface area is 152 Å². The topological polar surface area (TPSA) is 62.0 Å². The zero-order chi connectivity index (χ0) is 18.0. The number of aromatic amines is 1. The maximum absolute atomic E-state index is 14.3. The monoisotopic (exact) mass is 376 g/mol. The molecule has 126 valence electrons. The zero-order valence-corrected chi connectivity index (χ0v) is 14.2. The van der Waals surface area contributed by atoms with E-state index in [1.165, 1.54) is 54.7 Å². The van der Waals surface area contributed by atoms with Crippen molar-refractivity contribution in [2.75, 3.05) is 5.32 Å². The summed E-state index contributed by atoms with van der Waals surface area (Å²) in [5.41, 5.74) is 0.484. The van der Waals surface area contributed by atoms with Crippen LogP contribution in [0.4, 0.5) is 10.1 Å². The molecule has 2 N–H and O–H groups in total. The molecule has 0 bridgehead atoms. The van der Waals surface area contributed by atoms with Gasteiger partial charge in [-0.2, -0.15) is 0 Å². The lowest BCUT2D eigenvalue weighted by Gasteiger charge is -2.13. The Morgan fingerprint density at radius 3 is 2.60 bits per heavy atom. The summed E-state index contributed by atoms with van der Waals surface area (Å²) in [6.07, 6.45) is 1.41. The Bertz CT molecular complexity index is 998. The fourth-order valence-electron chi connectivity index (χ4n) is 2.40. The number of pyridine rings is 1. The number of rotatable bonds is 3. The predicted molar refractivity (Wildman–Crippen MR) is 96.9 cm³/mol. The Hall–Kier alpha value is -2.63. The van der Waals surface area contributed by atoms with E-state index in [0.717, 1.165) is 0 Å². The third-order valence-electron chi connectivity index (χ3n) is 3.49. The number of nitrogens with one attached hydrogen (secondary N) is 2. The van der Waals surface area contributed by atoms with Crippen LogP contribution in [0.2, 0.25) is 10.0 Å². The molecule has 1 heterocycles. The molecule has 25 heavy (non-hydrogen) atoms. The summed E-state index contributed by atoms with van der Waals surface area (Å²) in [7, 11) is 0. The summed E-state index contributed by atoms with van der Waals surface area (Å²) < 4.78 is 14.3. The highest BCUT2D eigenvalue weighted by Gasteiger charge is 2.18. The van der Waals surface area contributed by atoms with Crippen molar-refractivity contribution in [1.29, 1.82) is 0 Å². The average molecular weight is 377 g/mol. The summed E-state index contributed by atoms with van der Waals surface area (Å²) in [4.78, 5) is 26.4. The van der Waals surface area contributed by atoms with Gasteiger partial charge in [0.25, 0.3) is 5.91 Å². The summed E-state index contributed by atoms with van der Waals surface area (Å²) in [5, 5.41) is 3.09. The SMILES string of the molecule is O=C(Nc1cc[nH]c(=O)c1)c1ccc(Cl)cc1-c1c(F)cccc1Cl. The van der Waals surface area contributed by atoms with Crippen molar-refractivity contribution in [3.63, 3.8) is 0 Å². The minimum Gasteiger partial charge on any atom is -0.329 e. The second-order valence-electron chi connectivity index (χ2n) is 5.18. The molecular weight excluding hydrogens is 366 g/mol. The van der Waals surface area contributed by atoms with Crippen LogP contribution < -0.4 is 10.9 Å². The van der Waals surface area contributed by atoms with E-state index in [4.69, 9.17) is 23.2 Å². The number of carbonyl (C=O) groups excluding carboxylic acids is 1. The predicted octanol–water partition coefficient (Wildman–Crippen LogP) is 4.74. The summed E-state index contributed by atoms with van der Waals surface area (Å²) in [6.45, 7) is 0. The van der Waals surface area contributed by atoms with Crippen LogP contribution in [0.15, 0.2) is 59.5 Å². The number of aromatic nitrogens is 1. The number of hydrogen-bond acceptors (Lipinski definition) is 2. The molecule has 0 spiro atoms. The van der Waals surface area contributed by atoms with Crippen molar-refractivity contribution in [2.24, 2.45) is 0 Å². The van der Waals surface area contributed by atoms with Gasteiger partial charge in [-0.1, -0.05) is 29.3 Å². The number of benzene rings is 2. The fourth-order valence-corrected chi connectivity index (χ4v) is 2.83. The Balaban J connectivity index is 2.08. The third-order valence-corrected chi connectivity index (χ3v) is 4.04. The van der Waals surface area contributed by atoms with E-state index in [2.05, 4.69) is 10.3 Å². The maximum atomic E-state index is 14.3. The Kier molecular flexibility index (Phi) is 4.88. The fraction of sp³-hybridized carbons (Fsp3) is 0. The van der Waals surface area contributed by atoms with E-state index >= 15 is 0 Å². The molecule has 3 aromatic rings. The number of halogens is 3. The van der Waals surface area contributed by atoms with Crippen LogP contribution in [-0.2, 0) is 0 Å². The van der Waals surface area contributed by atoms with Gasteiger partial charge in [0.05, 0.1) is 5.02 Å². The lowest BCUT2D eigenvalue weighted by atomic mass is 9.98. The van der Waals surface area contributed by atoms with Gasteiger partial charge in [-0.05, 0) is 36.4 Å². The van der Waals surface area contributed by atoms with Gasteiger partial charge in [0.2, 0.25) is 5.56 Å². The van der Waals surface area contributed by atoms with Crippen LogP contribution in [0.25, 0.3) is 11.1 Å². The molecule has 1 aromatic heterocycles. The summed E-state index contributed by atoms with van der Waals surface area (Å²) >= 11 is 12.1. The second-order valence-corrected chi connectivity index (χ2v) is 6.03. The quantitative estimate of drug-likeness (QED) is 0.693. The first-order chi connectivity index (χ1) is 12.0. The molecule has 0 fully saturated rings. The van der Waals surface area contributed by atoms with E-state index in [1.54, 1.807) is 0 Å². The molecule has 0 atom stereocenters. The molecule has 7 heteroatoms. The van der Waals surface area contributed by atoms with Gasteiger partial charge in [-0.25, -0.2) is 4.39 Å². The number of anilines is 1. The first-order valence-electron chi connectivity index (χ1n) is 7.20. The smallest absolute Gasteiger partial charge is 0.256 e. The summed E-state index contributed by atoms with van der Waals surface area (Å²) in [6, 6.07) is 11.5. The highest BCUT2D eigenvalue weighted by atomic mass is 35.5. The summed E-state index contributed by atoms with van der Waals surface area (Å²) in [5.74, 6) is -1.09. The molecule has 0 unspecified atom stereocenters. The molecule has 0 aliphatic heterocycles. The van der Waals surface area contributed by atoms with Gasteiger partial charge >= 0.3 is 0 Å². The maximum Gasteiger partial charge on any atom is 0.256 e. The van der Waals surface area contributed by atoms with Gasteiger partial charge in [0, 0.05) is 39.7 Å². The minimum atomic E-state index is -0.569. The zero-order valence-electron chi connectivity index (χ0n) is 12.6. The molecule has 0 saturated carbocycles. The molecule has 0 radical (unpaired) electrons. The Morgan fingerprint density at radius 1 is 1.08 bits per heavy atom. The van der Waals surface area contributed by atoms with Gasteiger partial charge < -0.3 is 10.3 Å². The average Bonchev–Trinajstić information content (AvgIpc) is 2.54. The molecule has 0 saturated heterocycles. The molecule has 0 aliphatic carbocycles. The number of amides is 1. The van der Waals surface area contributed by atoms with Crippen molar-refractivity contribution < 1.29 is 9.18 Å². The normalized spacial score (nSPS) is 10.5. The third kappa shape index (κ3) is 3.73. The van der Waals surface area contributed by atoms with Crippen LogP contribution >= 0.6 is 23.2 Å². The standard InChI is InChI=1S/C18H11Cl2FN2O2/c19-10-4-5-12(18(25)23-11-6-7-22-16(24)9-11)13(8-10)17-14(20)2-1-3-15(17)21/h1-9H,(H2,22,23,24,25). The van der Waals surface area contributed by atoms with Crippen LogP contribution in [0.5, 0.6) is 0 Å². The van der Waals surface area contributed by atoms with E-state index < -0.39 is 11.7 Å². The van der Waals surface area contributed by atoms with Crippen LogP contribution in [0.3, 0.4) is 0 Å². The number of carbonyl (C=O) groups is 1. The van der Waals surface area contributed by atoms with E-state index in [1.807, 2.05) is 0 Å². The number of hydrogen-bond donors (Lipinski definition) is 2. The Morgan fingerprint density at radius 2 is 1.88 bits per heavy atom. The van der Waals surface area contributed by atoms with E-state index in [0.29, 0.717) is 10.7 Å². The van der Waals surface area contributed by atoms with Crippen molar-refractivity contribution in [1.82, 2.24) is 4.98 Å². The van der Waals surface area contributed by atoms with Crippen LogP contribution in [-0.4, -0.2) is 10.9 Å². The van der Waals surface area contributed by atoms with Gasteiger partial charge in [-0.3, -0.25) is 9.59 Å². The molecular formula is C18H11Cl2FN2O2. The van der Waals surface area contributed by atoms with Crippen molar-refractivity contribution >= 4 is 34.8 Å². The van der Waals surface area contributed by atoms with Gasteiger partial charge in [0.15, 0.2) is 0 Å². The first-order valence-corrected chi connectivity index (χ1v) is 7.95. The lowest BCUT2D eigenvalue weighted by Crippen LogP contribution is -2.15. The number of H-pyrrole nitrogens is 1. The molecule has 4 nitrogen and oxygen atoms in total. The molecule has 2 aromatic carbocycles. The van der Waals surface area contributed by atoms with Crippen LogP contribution in [0, 0.1) is 5.82 Å².